The number of benzene rings is 6. The summed E-state index contributed by atoms with van der Waals surface area (Å²) >= 11 is 5.67. The van der Waals surface area contributed by atoms with Crippen LogP contribution in [-0.4, -0.2) is 190 Å². The van der Waals surface area contributed by atoms with Crippen LogP contribution in [0, 0.1) is 0 Å². The van der Waals surface area contributed by atoms with Crippen LogP contribution >= 0.6 is 11.6 Å². The molecule has 0 radical (unpaired) electrons. The number of hydrogen-bond acceptors (Lipinski definition) is 21. The lowest BCUT2D eigenvalue weighted by atomic mass is 10.1. The van der Waals surface area contributed by atoms with E-state index >= 15 is 0 Å². The predicted molar refractivity (Wildman–Crippen MR) is 428 cm³/mol. The number of carbonyl (C=O) groups is 3. The van der Waals surface area contributed by atoms with Crippen molar-refractivity contribution in [2.45, 2.75) is 26.0 Å². The van der Waals surface area contributed by atoms with Crippen LogP contribution in [0.15, 0.2) is 164 Å². The predicted octanol–water partition coefficient (Wildman–Crippen LogP) is 14.9. The number of ether oxygens (including phenoxy) is 3. The number of amides is 3. The molecule has 3 saturated heterocycles. The van der Waals surface area contributed by atoms with E-state index in [9.17, 15) is 53.9 Å². The molecule has 604 valence electrons. The Morgan fingerprint density at radius 2 is 0.673 bits per heavy atom. The fourth-order valence-corrected chi connectivity index (χ4v) is 12.2. The van der Waals surface area contributed by atoms with Gasteiger partial charge in [-0.2, -0.15) is 39.5 Å². The lowest BCUT2D eigenvalue weighted by Gasteiger charge is -2.34. The number of carbonyl (C=O) groups excluding carboxylic acids is 3. The first-order chi connectivity index (χ1) is 53.4. The Kier molecular flexibility index (Phi) is 30.4. The molecular formula is C79H92ClF9N18O6. The van der Waals surface area contributed by atoms with Crippen LogP contribution in [0.4, 0.5) is 119 Å². The van der Waals surface area contributed by atoms with Crippen molar-refractivity contribution in [3.8, 4) is 17.2 Å². The van der Waals surface area contributed by atoms with E-state index in [4.69, 9.17) is 31.5 Å². The monoisotopic (exact) mass is 1590 g/mol. The van der Waals surface area contributed by atoms with Crippen LogP contribution in [0.5, 0.6) is 17.2 Å². The molecule has 9 aromatic rings. The molecule has 0 aliphatic carbocycles. The number of hydrogen-bond donors (Lipinski definition) is 9. The fraction of sp³-hybridized carbons (Fsp3) is 0.316. The maximum Gasteiger partial charge on any atom is 0.419 e. The van der Waals surface area contributed by atoms with E-state index < -0.39 is 52.9 Å². The fourth-order valence-electron chi connectivity index (χ4n) is 12.0. The number of likely N-dealkylation sites (N-methyl/N-ethyl adjacent to an activating group) is 3. The number of methoxy groups -OCH3 is 3. The summed E-state index contributed by atoms with van der Waals surface area (Å²) in [5.41, 5.74) is 8.52. The molecular weight excluding hydrogens is 1500 g/mol. The lowest BCUT2D eigenvalue weighted by molar-refractivity contribution is -0.138. The molecule has 24 nitrogen and oxygen atoms in total. The molecule has 0 saturated carbocycles. The molecule has 0 unspecified atom stereocenters. The molecule has 12 rings (SSSR count). The number of nitrogens with zero attached hydrogens (tertiary/aromatic N) is 9. The number of pyridine rings is 3. The molecule has 0 bridgehead atoms. The number of nitrogens with one attached hydrogen (secondary N) is 8. The number of anilines is 14. The molecule has 113 heavy (non-hydrogen) atoms. The highest BCUT2D eigenvalue weighted by molar-refractivity contribution is 6.29. The van der Waals surface area contributed by atoms with Gasteiger partial charge in [0.2, 0.25) is 0 Å². The van der Waals surface area contributed by atoms with Crippen LogP contribution in [0.3, 0.4) is 0 Å². The van der Waals surface area contributed by atoms with Crippen LogP contribution in [-0.2, 0) is 18.5 Å². The third-order valence-corrected chi connectivity index (χ3v) is 18.5. The molecule has 10 N–H and O–H groups in total. The SMILES string of the molecule is C.CNC(=O)c1ccccc1Nc1cc(Cl)ncc1C(F)(F)F.CNC(=O)c1ccccc1Nc1cc(Nc2ccc(N3CCN(C)CC3)cc2OC)ncc1C(F)(F)F.CNC(=O)c1ccccc1Nc1cc(Nc2ccc(N3CCN(C)CC3)cc2OC)ncc1C(F)(F)F.COc1cc(N2CCN(C)CC2)ccc1N. The average molecular weight is 1600 g/mol. The first-order valence-corrected chi connectivity index (χ1v) is 35.6. The first-order valence-electron chi connectivity index (χ1n) is 35.2. The lowest BCUT2D eigenvalue weighted by Crippen LogP contribution is -2.44. The third kappa shape index (κ3) is 23.5. The Morgan fingerprint density at radius 3 is 0.982 bits per heavy atom. The summed E-state index contributed by atoms with van der Waals surface area (Å²) in [6.07, 6.45) is -11.7. The van der Waals surface area contributed by atoms with Crippen molar-refractivity contribution in [2.24, 2.45) is 0 Å². The molecule has 0 atom stereocenters. The van der Waals surface area contributed by atoms with Gasteiger partial charge in [-0.1, -0.05) is 55.4 Å². The number of rotatable bonds is 19. The van der Waals surface area contributed by atoms with E-state index in [0.29, 0.717) is 34.8 Å². The summed E-state index contributed by atoms with van der Waals surface area (Å²) < 4.78 is 138. The van der Waals surface area contributed by atoms with Gasteiger partial charge in [-0.3, -0.25) is 14.4 Å². The van der Waals surface area contributed by atoms with Gasteiger partial charge in [-0.25, -0.2) is 15.0 Å². The number of aromatic nitrogens is 3. The highest BCUT2D eigenvalue weighted by Gasteiger charge is 2.37. The summed E-state index contributed by atoms with van der Waals surface area (Å²) in [6.45, 7) is 11.7. The number of alkyl halides is 9. The van der Waals surface area contributed by atoms with Crippen molar-refractivity contribution in [3.05, 3.63) is 203 Å². The zero-order valence-electron chi connectivity index (χ0n) is 62.9. The Hall–Kier alpha value is -11.7. The van der Waals surface area contributed by atoms with E-state index in [1.807, 2.05) is 48.5 Å². The van der Waals surface area contributed by atoms with Crippen LogP contribution < -0.4 is 77.2 Å². The number of para-hydroxylation sites is 3. The minimum absolute atomic E-state index is 0. The van der Waals surface area contributed by atoms with Gasteiger partial charge in [0.1, 0.15) is 34.0 Å². The second-order valence-electron chi connectivity index (χ2n) is 25.8. The summed E-state index contributed by atoms with van der Waals surface area (Å²) in [6, 6.07) is 39.8. The van der Waals surface area contributed by atoms with Crippen molar-refractivity contribution < 1.29 is 68.1 Å². The van der Waals surface area contributed by atoms with Gasteiger partial charge < -0.3 is 91.9 Å². The molecule has 3 amide bonds. The van der Waals surface area contributed by atoms with E-state index in [0.717, 1.165) is 114 Å². The molecule has 3 fully saturated rings. The molecule has 6 aromatic carbocycles. The van der Waals surface area contributed by atoms with E-state index in [-0.39, 0.29) is 75.0 Å². The smallest absolute Gasteiger partial charge is 0.419 e. The van der Waals surface area contributed by atoms with Crippen LogP contribution in [0.2, 0.25) is 5.15 Å². The normalized spacial score (nSPS) is 14.0. The minimum atomic E-state index is -4.66. The van der Waals surface area contributed by atoms with Gasteiger partial charge in [0.25, 0.3) is 17.7 Å². The number of halogens is 10. The standard InChI is InChI=1S/2C26H29F3N6O2.C14H11ClF3N3O.C12H19N3O.CH4/c2*1-30-25(36)18-6-4-5-7-20(18)32-22-15-24(31-16-19(22)26(27,28)29)33-21-9-8-17(14-23(21)37-3)35-12-10-34(2)11-13-35;1-19-13(22)8-4-2-3-5-10(8)21-11-6-12(15)20-7-9(11)14(16,17)18;1-14-5-7-15(8-6-14)10-3-4-11(13)12(9-10)16-2;/h2*4-9,14-16H,10-13H2,1-3H3,(H,30,36)(H2,31,32,33);2-7H,1H3,(H,19,22)(H,20,21);3-4,9H,5-8,13H2,1-2H3;1H4. The molecule has 3 aliphatic rings. The number of nitrogens with two attached hydrogens (primary N) is 1. The molecule has 6 heterocycles. The average Bonchev–Trinajstić information content (AvgIpc) is 0.802. The van der Waals surface area contributed by atoms with Crippen LogP contribution in [0.25, 0.3) is 0 Å². The third-order valence-electron chi connectivity index (χ3n) is 18.3. The van der Waals surface area contributed by atoms with E-state index in [2.05, 4.69) is 114 Å². The van der Waals surface area contributed by atoms with Crippen molar-refractivity contribution in [1.29, 1.82) is 0 Å². The van der Waals surface area contributed by atoms with Crippen molar-refractivity contribution in [3.63, 3.8) is 0 Å². The van der Waals surface area contributed by atoms with Gasteiger partial charge in [-0.05, 0) is 100 Å². The molecule has 3 aliphatic heterocycles. The minimum Gasteiger partial charge on any atom is -0.495 e. The maximum atomic E-state index is 13.8. The summed E-state index contributed by atoms with van der Waals surface area (Å²) in [5, 5.41) is 21.6. The van der Waals surface area contributed by atoms with Crippen molar-refractivity contribution in [1.82, 2.24) is 45.6 Å². The summed E-state index contributed by atoms with van der Waals surface area (Å²) in [5.74, 6) is 0.934. The van der Waals surface area contributed by atoms with E-state index in [1.165, 1.54) is 77.4 Å². The quantitative estimate of drug-likeness (QED) is 0.0207. The zero-order valence-corrected chi connectivity index (χ0v) is 63.7. The van der Waals surface area contributed by atoms with Gasteiger partial charge in [0.15, 0.2) is 0 Å². The molecule has 0 spiro atoms. The molecule has 3 aromatic heterocycles. The van der Waals surface area contributed by atoms with Crippen molar-refractivity contribution >= 4 is 109 Å². The van der Waals surface area contributed by atoms with E-state index in [1.54, 1.807) is 55.6 Å². The van der Waals surface area contributed by atoms with Gasteiger partial charge in [0, 0.05) is 166 Å². The molecule has 34 heteroatoms. The second-order valence-corrected chi connectivity index (χ2v) is 26.2. The number of nitrogen functional groups attached to an aromatic ring is 1. The Labute approximate surface area is 655 Å². The second kappa shape index (κ2) is 39.5. The topological polar surface area (TPSA) is 259 Å². The largest absolute Gasteiger partial charge is 0.495 e. The highest BCUT2D eigenvalue weighted by atomic mass is 35.5. The van der Waals surface area contributed by atoms with Crippen molar-refractivity contribution in [2.75, 3.05) is 189 Å². The van der Waals surface area contributed by atoms with Crippen LogP contribution in [0.1, 0.15) is 55.2 Å². The summed E-state index contributed by atoms with van der Waals surface area (Å²) in [4.78, 5) is 61.4. The van der Waals surface area contributed by atoms with Gasteiger partial charge in [-0.15, -0.1) is 0 Å². The maximum absolute atomic E-state index is 13.8. The Balaban J connectivity index is 0.000000197. The van der Waals surface area contributed by atoms with Gasteiger partial charge in [0.05, 0.1) is 106 Å². The number of piperazine rings is 3. The first kappa shape index (κ1) is 86.9. The zero-order chi connectivity index (χ0) is 81.0. The summed E-state index contributed by atoms with van der Waals surface area (Å²) in [7, 11) is 15.4. The Morgan fingerprint density at radius 1 is 0.381 bits per heavy atom. The van der Waals surface area contributed by atoms with Gasteiger partial charge >= 0.3 is 18.5 Å². The highest BCUT2D eigenvalue weighted by Crippen LogP contribution is 2.43. The Bertz CT molecular complexity index is 4500.